The predicted octanol–water partition coefficient (Wildman–Crippen LogP) is 4.09. The van der Waals surface area contributed by atoms with Gasteiger partial charge in [0.25, 0.3) is 0 Å². The number of hydrogen-bond acceptors (Lipinski definition) is 3. The zero-order chi connectivity index (χ0) is 12.3. The molecule has 0 aliphatic carbocycles. The molecule has 0 spiro atoms. The minimum atomic E-state index is 0.400. The van der Waals surface area contributed by atoms with Gasteiger partial charge in [-0.1, -0.05) is 18.5 Å². The molecule has 0 aliphatic rings. The Balaban J connectivity index is 2.23. The second kappa shape index (κ2) is 5.64. The predicted molar refractivity (Wildman–Crippen MR) is 75.7 cm³/mol. The van der Waals surface area contributed by atoms with Gasteiger partial charge in [0.1, 0.15) is 16.7 Å². The summed E-state index contributed by atoms with van der Waals surface area (Å²) in [6, 6.07) is 9.34. The van der Waals surface area contributed by atoms with Crippen LogP contribution in [0.1, 0.15) is 12.7 Å². The molecule has 2 rings (SSSR count). The van der Waals surface area contributed by atoms with Crippen molar-refractivity contribution in [2.45, 2.75) is 13.3 Å². The topological polar surface area (TPSA) is 35.0 Å². The van der Waals surface area contributed by atoms with Crippen LogP contribution < -0.4 is 4.74 Å². The first-order valence-electron chi connectivity index (χ1n) is 5.14. The molecule has 17 heavy (non-hydrogen) atoms. The summed E-state index contributed by atoms with van der Waals surface area (Å²) in [5, 5.41) is 0.400. The molecule has 2 aromatic rings. The van der Waals surface area contributed by atoms with E-state index in [0.717, 1.165) is 15.7 Å². The van der Waals surface area contributed by atoms with Crippen molar-refractivity contribution in [1.29, 1.82) is 0 Å². The van der Waals surface area contributed by atoms with Gasteiger partial charge in [0.05, 0.1) is 0 Å². The lowest BCUT2D eigenvalue weighted by Gasteiger charge is -2.06. The van der Waals surface area contributed by atoms with E-state index in [1.165, 1.54) is 0 Å². The Morgan fingerprint density at radius 1 is 1.24 bits per heavy atom. The van der Waals surface area contributed by atoms with E-state index in [9.17, 15) is 0 Å². The highest BCUT2D eigenvalue weighted by molar-refractivity contribution is 14.1. The van der Waals surface area contributed by atoms with E-state index < -0.39 is 0 Å². The number of halogens is 2. The van der Waals surface area contributed by atoms with E-state index in [1.807, 2.05) is 31.2 Å². The Morgan fingerprint density at radius 2 is 1.94 bits per heavy atom. The normalized spacial score (nSPS) is 10.3. The van der Waals surface area contributed by atoms with E-state index in [1.54, 1.807) is 6.07 Å². The van der Waals surface area contributed by atoms with Crippen LogP contribution in [0.25, 0.3) is 0 Å². The summed E-state index contributed by atoms with van der Waals surface area (Å²) < 4.78 is 6.78. The van der Waals surface area contributed by atoms with Gasteiger partial charge < -0.3 is 4.74 Å². The van der Waals surface area contributed by atoms with Gasteiger partial charge in [-0.3, -0.25) is 0 Å². The van der Waals surface area contributed by atoms with Gasteiger partial charge in [-0.25, -0.2) is 4.98 Å². The molecule has 88 valence electrons. The Kier molecular flexibility index (Phi) is 4.17. The molecule has 0 radical (unpaired) electrons. The smallest absolute Gasteiger partial charge is 0.224 e. The lowest BCUT2D eigenvalue weighted by atomic mass is 10.3. The third-order valence-electron chi connectivity index (χ3n) is 2.07. The summed E-state index contributed by atoms with van der Waals surface area (Å²) in [7, 11) is 0. The molecule has 1 heterocycles. The lowest BCUT2D eigenvalue weighted by Crippen LogP contribution is -1.96. The third-order valence-corrected chi connectivity index (χ3v) is 2.98. The number of ether oxygens (including phenoxy) is 1. The van der Waals surface area contributed by atoms with Gasteiger partial charge in [-0.05, 0) is 46.9 Å². The molecule has 0 saturated heterocycles. The van der Waals surface area contributed by atoms with Gasteiger partial charge in [0.15, 0.2) is 0 Å². The van der Waals surface area contributed by atoms with Crippen LogP contribution in [0.15, 0.2) is 30.3 Å². The van der Waals surface area contributed by atoms with Crippen LogP contribution in [0.4, 0.5) is 0 Å². The van der Waals surface area contributed by atoms with Crippen molar-refractivity contribution in [3.63, 3.8) is 0 Å². The van der Waals surface area contributed by atoms with Gasteiger partial charge in [-0.15, -0.1) is 0 Å². The molecule has 0 bridgehead atoms. The second-order valence-electron chi connectivity index (χ2n) is 3.35. The minimum Gasteiger partial charge on any atom is -0.439 e. The van der Waals surface area contributed by atoms with Gasteiger partial charge in [-0.2, -0.15) is 4.98 Å². The van der Waals surface area contributed by atoms with Crippen molar-refractivity contribution >= 4 is 34.2 Å². The lowest BCUT2D eigenvalue weighted by molar-refractivity contribution is 0.458. The fraction of sp³-hybridized carbons (Fsp3) is 0.167. The molecule has 0 saturated carbocycles. The van der Waals surface area contributed by atoms with E-state index in [-0.39, 0.29) is 0 Å². The third kappa shape index (κ3) is 3.54. The van der Waals surface area contributed by atoms with Crippen molar-refractivity contribution in [2.24, 2.45) is 0 Å². The van der Waals surface area contributed by atoms with Crippen LogP contribution in [0.5, 0.6) is 11.6 Å². The Hall–Kier alpha value is -0.880. The molecule has 0 atom stereocenters. The summed E-state index contributed by atoms with van der Waals surface area (Å²) >= 11 is 8.13. The van der Waals surface area contributed by atoms with Crippen molar-refractivity contribution in [1.82, 2.24) is 9.97 Å². The summed E-state index contributed by atoms with van der Waals surface area (Å²) in [6.45, 7) is 1.97. The first kappa shape index (κ1) is 12.6. The fourth-order valence-corrected chi connectivity index (χ4v) is 1.83. The van der Waals surface area contributed by atoms with Gasteiger partial charge >= 0.3 is 0 Å². The average Bonchev–Trinajstić information content (AvgIpc) is 2.31. The molecule has 0 N–H and O–H groups in total. The molecule has 3 nitrogen and oxygen atoms in total. The van der Waals surface area contributed by atoms with E-state index in [2.05, 4.69) is 32.6 Å². The molecule has 0 amide bonds. The minimum absolute atomic E-state index is 0.400. The van der Waals surface area contributed by atoms with Crippen LogP contribution >= 0.6 is 34.2 Å². The molecule has 1 aromatic heterocycles. The van der Waals surface area contributed by atoms with Gasteiger partial charge in [0, 0.05) is 16.1 Å². The Labute approximate surface area is 118 Å². The van der Waals surface area contributed by atoms with Crippen LogP contribution in [-0.2, 0) is 6.42 Å². The first-order chi connectivity index (χ1) is 8.17. The monoisotopic (exact) mass is 360 g/mol. The molecule has 0 fully saturated rings. The number of rotatable bonds is 3. The number of nitrogens with zero attached hydrogens (tertiary/aromatic N) is 2. The summed E-state index contributed by atoms with van der Waals surface area (Å²) in [4.78, 5) is 8.33. The number of benzene rings is 1. The standard InChI is InChI=1S/C12H10ClIN2O/c1-2-11-15-10(13)7-12(16-11)17-9-5-3-8(14)4-6-9/h3-7H,2H2,1H3. The largest absolute Gasteiger partial charge is 0.439 e. The van der Waals surface area contributed by atoms with Crippen LogP contribution in [0.2, 0.25) is 5.15 Å². The molecular formula is C12H10ClIN2O. The maximum Gasteiger partial charge on any atom is 0.224 e. The van der Waals surface area contributed by atoms with Crippen LogP contribution in [0, 0.1) is 3.57 Å². The number of aryl methyl sites for hydroxylation is 1. The van der Waals surface area contributed by atoms with Crippen molar-refractivity contribution in [2.75, 3.05) is 0 Å². The Bertz CT molecular complexity index is 516. The quantitative estimate of drug-likeness (QED) is 0.611. The van der Waals surface area contributed by atoms with Crippen LogP contribution in [-0.4, -0.2) is 9.97 Å². The summed E-state index contributed by atoms with van der Waals surface area (Å²) in [5.41, 5.74) is 0. The average molecular weight is 361 g/mol. The first-order valence-corrected chi connectivity index (χ1v) is 6.60. The number of aromatic nitrogens is 2. The van der Waals surface area contributed by atoms with Gasteiger partial charge in [0.2, 0.25) is 5.88 Å². The van der Waals surface area contributed by atoms with E-state index in [4.69, 9.17) is 16.3 Å². The molecule has 5 heteroatoms. The van der Waals surface area contributed by atoms with Crippen molar-refractivity contribution < 1.29 is 4.74 Å². The maximum absolute atomic E-state index is 5.89. The molecule has 1 aromatic carbocycles. The van der Waals surface area contributed by atoms with E-state index >= 15 is 0 Å². The Morgan fingerprint density at radius 3 is 2.59 bits per heavy atom. The SMILES string of the molecule is CCc1nc(Cl)cc(Oc2ccc(I)cc2)n1. The van der Waals surface area contributed by atoms with E-state index in [0.29, 0.717) is 16.9 Å². The summed E-state index contributed by atoms with van der Waals surface area (Å²) in [6.07, 6.45) is 0.726. The molecule has 0 unspecified atom stereocenters. The maximum atomic E-state index is 5.89. The van der Waals surface area contributed by atoms with Crippen molar-refractivity contribution in [3.05, 3.63) is 44.9 Å². The summed E-state index contributed by atoms with van der Waals surface area (Å²) in [5.74, 6) is 1.89. The zero-order valence-corrected chi connectivity index (χ0v) is 12.1. The van der Waals surface area contributed by atoms with Crippen LogP contribution in [0.3, 0.4) is 0 Å². The fourth-order valence-electron chi connectivity index (χ4n) is 1.28. The molecular weight excluding hydrogens is 351 g/mol. The highest BCUT2D eigenvalue weighted by atomic mass is 127. The second-order valence-corrected chi connectivity index (χ2v) is 4.99. The van der Waals surface area contributed by atoms with Crippen molar-refractivity contribution in [3.8, 4) is 11.6 Å². The highest BCUT2D eigenvalue weighted by Crippen LogP contribution is 2.22. The highest BCUT2D eigenvalue weighted by Gasteiger charge is 2.04. The zero-order valence-electron chi connectivity index (χ0n) is 9.15. The molecule has 0 aliphatic heterocycles. The number of hydrogen-bond donors (Lipinski definition) is 0.